The summed E-state index contributed by atoms with van der Waals surface area (Å²) in [7, 11) is 3.79. The maximum absolute atomic E-state index is 5.44. The molecule has 0 bridgehead atoms. The van der Waals surface area contributed by atoms with Crippen LogP contribution in [0.2, 0.25) is 0 Å². The van der Waals surface area contributed by atoms with Crippen LogP contribution >= 0.6 is 0 Å². The fourth-order valence-electron chi connectivity index (χ4n) is 2.22. The second kappa shape index (κ2) is 6.95. The monoisotopic (exact) mass is 263 g/mol. The van der Waals surface area contributed by atoms with Crippen LogP contribution in [0.5, 0.6) is 5.75 Å². The van der Waals surface area contributed by atoms with Crippen molar-refractivity contribution in [3.05, 3.63) is 29.8 Å². The van der Waals surface area contributed by atoms with Gasteiger partial charge in [0.2, 0.25) is 0 Å². The van der Waals surface area contributed by atoms with Crippen LogP contribution in [0.4, 0.5) is 0 Å². The second-order valence-electron chi connectivity index (χ2n) is 6.50. The quantitative estimate of drug-likeness (QED) is 0.840. The minimum atomic E-state index is 0.357. The van der Waals surface area contributed by atoms with E-state index in [1.165, 1.54) is 12.0 Å². The van der Waals surface area contributed by atoms with E-state index in [4.69, 9.17) is 4.74 Å². The standard InChI is InChI=1S/C17H29NO/c1-13(17(2,3)4)11-15(18-5)12-14-9-7-8-10-16(14)19-6/h7-10,13,15,18H,11-12H2,1-6H3. The van der Waals surface area contributed by atoms with Crippen LogP contribution in [0.25, 0.3) is 0 Å². The number of benzene rings is 1. The van der Waals surface area contributed by atoms with Gasteiger partial charge in [0.1, 0.15) is 5.75 Å². The van der Waals surface area contributed by atoms with Gasteiger partial charge in [0.05, 0.1) is 7.11 Å². The lowest BCUT2D eigenvalue weighted by Crippen LogP contribution is -2.33. The molecule has 108 valence electrons. The lowest BCUT2D eigenvalue weighted by Gasteiger charge is -2.31. The van der Waals surface area contributed by atoms with E-state index in [1.54, 1.807) is 7.11 Å². The molecule has 1 aromatic carbocycles. The third-order valence-corrected chi connectivity index (χ3v) is 4.18. The molecule has 0 fully saturated rings. The third kappa shape index (κ3) is 4.87. The highest BCUT2D eigenvalue weighted by molar-refractivity contribution is 5.33. The Morgan fingerprint density at radius 2 is 1.84 bits per heavy atom. The average molecular weight is 263 g/mol. The lowest BCUT2D eigenvalue weighted by molar-refractivity contribution is 0.224. The van der Waals surface area contributed by atoms with Gasteiger partial charge in [0, 0.05) is 6.04 Å². The molecule has 0 heterocycles. The van der Waals surface area contributed by atoms with Crippen LogP contribution in [0.3, 0.4) is 0 Å². The van der Waals surface area contributed by atoms with E-state index in [0.29, 0.717) is 17.4 Å². The molecule has 0 saturated heterocycles. The second-order valence-corrected chi connectivity index (χ2v) is 6.50. The zero-order valence-corrected chi connectivity index (χ0v) is 13.3. The van der Waals surface area contributed by atoms with Gasteiger partial charge in [-0.15, -0.1) is 0 Å². The summed E-state index contributed by atoms with van der Waals surface area (Å²) in [6, 6.07) is 8.79. The molecule has 2 unspecified atom stereocenters. The first-order chi connectivity index (χ1) is 8.88. The Hall–Kier alpha value is -1.02. The van der Waals surface area contributed by atoms with Gasteiger partial charge in [-0.05, 0) is 42.9 Å². The van der Waals surface area contributed by atoms with Crippen LogP contribution < -0.4 is 10.1 Å². The van der Waals surface area contributed by atoms with E-state index in [0.717, 1.165) is 12.2 Å². The summed E-state index contributed by atoms with van der Waals surface area (Å²) >= 11 is 0. The smallest absolute Gasteiger partial charge is 0.122 e. The molecule has 0 aromatic heterocycles. The Morgan fingerprint density at radius 1 is 1.21 bits per heavy atom. The summed E-state index contributed by atoms with van der Waals surface area (Å²) in [5.41, 5.74) is 1.64. The summed E-state index contributed by atoms with van der Waals surface area (Å²) < 4.78 is 5.44. The fourth-order valence-corrected chi connectivity index (χ4v) is 2.22. The third-order valence-electron chi connectivity index (χ3n) is 4.18. The largest absolute Gasteiger partial charge is 0.496 e. The molecule has 0 aliphatic heterocycles. The van der Waals surface area contributed by atoms with Crippen molar-refractivity contribution in [2.24, 2.45) is 11.3 Å². The molecule has 0 radical (unpaired) electrons. The van der Waals surface area contributed by atoms with E-state index < -0.39 is 0 Å². The Balaban J connectivity index is 2.72. The normalized spacial score (nSPS) is 15.1. The highest BCUT2D eigenvalue weighted by Gasteiger charge is 2.23. The van der Waals surface area contributed by atoms with E-state index >= 15 is 0 Å². The molecule has 1 N–H and O–H groups in total. The first-order valence-corrected chi connectivity index (χ1v) is 7.17. The number of para-hydroxylation sites is 1. The molecule has 2 nitrogen and oxygen atoms in total. The Morgan fingerprint density at radius 3 is 2.37 bits per heavy atom. The molecule has 2 atom stereocenters. The number of hydrogen-bond donors (Lipinski definition) is 1. The van der Waals surface area contributed by atoms with Crippen molar-refractivity contribution in [2.45, 2.75) is 46.6 Å². The molecule has 1 aromatic rings. The molecular weight excluding hydrogens is 234 g/mol. The van der Waals surface area contributed by atoms with Crippen molar-refractivity contribution < 1.29 is 4.74 Å². The summed E-state index contributed by atoms with van der Waals surface area (Å²) in [5, 5.41) is 3.45. The molecule has 2 heteroatoms. The predicted molar refractivity (Wildman–Crippen MR) is 82.8 cm³/mol. The minimum absolute atomic E-state index is 0.357. The maximum Gasteiger partial charge on any atom is 0.122 e. The molecular formula is C17H29NO. The average Bonchev–Trinajstić information content (AvgIpc) is 2.37. The SMILES string of the molecule is CNC(Cc1ccccc1OC)CC(C)C(C)(C)C. The minimum Gasteiger partial charge on any atom is -0.496 e. The van der Waals surface area contributed by atoms with E-state index in [9.17, 15) is 0 Å². The van der Waals surface area contributed by atoms with Gasteiger partial charge in [0.25, 0.3) is 0 Å². The molecule has 19 heavy (non-hydrogen) atoms. The molecule has 0 amide bonds. The van der Waals surface area contributed by atoms with Crippen LogP contribution in [-0.4, -0.2) is 20.2 Å². The summed E-state index contributed by atoms with van der Waals surface area (Å²) in [4.78, 5) is 0. The topological polar surface area (TPSA) is 21.3 Å². The number of hydrogen-bond acceptors (Lipinski definition) is 2. The number of methoxy groups -OCH3 is 1. The van der Waals surface area contributed by atoms with Crippen molar-refractivity contribution in [1.29, 1.82) is 0 Å². The van der Waals surface area contributed by atoms with Gasteiger partial charge in [-0.25, -0.2) is 0 Å². The fraction of sp³-hybridized carbons (Fsp3) is 0.647. The van der Waals surface area contributed by atoms with E-state index in [1.807, 2.05) is 12.1 Å². The van der Waals surface area contributed by atoms with Crippen LogP contribution in [-0.2, 0) is 6.42 Å². The van der Waals surface area contributed by atoms with Gasteiger partial charge >= 0.3 is 0 Å². The van der Waals surface area contributed by atoms with Crippen molar-refractivity contribution in [1.82, 2.24) is 5.32 Å². The first-order valence-electron chi connectivity index (χ1n) is 7.17. The molecule has 0 saturated carbocycles. The number of nitrogens with one attached hydrogen (secondary N) is 1. The first kappa shape index (κ1) is 16.0. The maximum atomic E-state index is 5.44. The van der Waals surface area contributed by atoms with Crippen molar-refractivity contribution in [3.63, 3.8) is 0 Å². The molecule has 0 spiro atoms. The summed E-state index contributed by atoms with van der Waals surface area (Å²) in [6.45, 7) is 9.28. The van der Waals surface area contributed by atoms with Crippen molar-refractivity contribution in [2.75, 3.05) is 14.2 Å². The highest BCUT2D eigenvalue weighted by Crippen LogP contribution is 2.30. The Kier molecular flexibility index (Phi) is 5.86. The summed E-state index contributed by atoms with van der Waals surface area (Å²) in [5.74, 6) is 1.67. The highest BCUT2D eigenvalue weighted by atomic mass is 16.5. The van der Waals surface area contributed by atoms with Gasteiger partial charge in [-0.1, -0.05) is 45.9 Å². The van der Waals surface area contributed by atoms with Gasteiger partial charge in [-0.3, -0.25) is 0 Å². The predicted octanol–water partition coefficient (Wildman–Crippen LogP) is 3.90. The number of ether oxygens (including phenoxy) is 1. The van der Waals surface area contributed by atoms with Crippen LogP contribution in [0.1, 0.15) is 39.7 Å². The zero-order valence-electron chi connectivity index (χ0n) is 13.3. The molecule has 0 aliphatic carbocycles. The number of likely N-dealkylation sites (N-methyl/N-ethyl adjacent to an activating group) is 1. The Labute approximate surface area is 118 Å². The molecule has 1 rings (SSSR count). The number of rotatable bonds is 6. The zero-order chi connectivity index (χ0) is 14.5. The van der Waals surface area contributed by atoms with Crippen LogP contribution in [0.15, 0.2) is 24.3 Å². The van der Waals surface area contributed by atoms with Crippen LogP contribution in [0, 0.1) is 11.3 Å². The summed E-state index contributed by atoms with van der Waals surface area (Å²) in [6.07, 6.45) is 2.19. The van der Waals surface area contributed by atoms with E-state index in [2.05, 4.69) is 52.2 Å². The van der Waals surface area contributed by atoms with Gasteiger partial charge in [-0.2, -0.15) is 0 Å². The Bertz CT molecular complexity index is 381. The lowest BCUT2D eigenvalue weighted by atomic mass is 9.78. The van der Waals surface area contributed by atoms with Crippen molar-refractivity contribution in [3.8, 4) is 5.75 Å². The van der Waals surface area contributed by atoms with Gasteiger partial charge in [0.15, 0.2) is 0 Å². The van der Waals surface area contributed by atoms with Gasteiger partial charge < -0.3 is 10.1 Å². The van der Waals surface area contributed by atoms with E-state index in [-0.39, 0.29) is 0 Å². The van der Waals surface area contributed by atoms with Crippen molar-refractivity contribution >= 4 is 0 Å². The molecule has 0 aliphatic rings.